The predicted octanol–water partition coefficient (Wildman–Crippen LogP) is 3.23. The largest absolute Gasteiger partial charge is 0.382 e. The van der Waals surface area contributed by atoms with Gasteiger partial charge in [0.1, 0.15) is 0 Å². The number of hydrogen-bond acceptors (Lipinski definition) is 3. The number of rotatable bonds is 11. The molecule has 110 valence electrons. The van der Waals surface area contributed by atoms with Gasteiger partial charge in [0, 0.05) is 19.8 Å². The van der Waals surface area contributed by atoms with Crippen molar-refractivity contribution >= 4 is 0 Å². The van der Waals surface area contributed by atoms with Crippen molar-refractivity contribution in [2.45, 2.75) is 59.4 Å². The van der Waals surface area contributed by atoms with Crippen LogP contribution in [0.1, 0.15) is 53.4 Å². The van der Waals surface area contributed by atoms with Crippen LogP contribution in [-0.2, 0) is 9.47 Å². The molecule has 1 N–H and O–H groups in total. The zero-order chi connectivity index (χ0) is 13.9. The molecule has 0 heterocycles. The Kier molecular flexibility index (Phi) is 10.7. The topological polar surface area (TPSA) is 30.5 Å². The van der Waals surface area contributed by atoms with E-state index in [2.05, 4.69) is 33.0 Å². The van der Waals surface area contributed by atoms with Crippen LogP contribution in [0.25, 0.3) is 0 Å². The van der Waals surface area contributed by atoms with Crippen LogP contribution < -0.4 is 5.32 Å². The summed E-state index contributed by atoms with van der Waals surface area (Å²) in [6.45, 7) is 12.5. The van der Waals surface area contributed by atoms with Gasteiger partial charge in [-0.3, -0.25) is 0 Å². The van der Waals surface area contributed by atoms with Gasteiger partial charge >= 0.3 is 0 Å². The summed E-state index contributed by atoms with van der Waals surface area (Å²) in [5.41, 5.74) is 0.352. The monoisotopic (exact) mass is 259 g/mol. The summed E-state index contributed by atoms with van der Waals surface area (Å²) < 4.78 is 10.4. The normalized spacial score (nSPS) is 13.8. The SMILES string of the molecule is CCNC(CCCCCOCCOC)C(C)(C)C. The van der Waals surface area contributed by atoms with Crippen molar-refractivity contribution in [3.8, 4) is 0 Å². The lowest BCUT2D eigenvalue weighted by molar-refractivity contribution is 0.0683. The summed E-state index contributed by atoms with van der Waals surface area (Å²) >= 11 is 0. The molecule has 3 nitrogen and oxygen atoms in total. The minimum absolute atomic E-state index is 0.352. The van der Waals surface area contributed by atoms with Gasteiger partial charge in [0.15, 0.2) is 0 Å². The van der Waals surface area contributed by atoms with Crippen molar-refractivity contribution in [1.29, 1.82) is 0 Å². The van der Waals surface area contributed by atoms with Gasteiger partial charge in [-0.05, 0) is 24.8 Å². The predicted molar refractivity (Wildman–Crippen MR) is 78.1 cm³/mol. The van der Waals surface area contributed by atoms with E-state index in [9.17, 15) is 0 Å². The van der Waals surface area contributed by atoms with E-state index >= 15 is 0 Å². The van der Waals surface area contributed by atoms with E-state index in [0.717, 1.165) is 26.2 Å². The van der Waals surface area contributed by atoms with Gasteiger partial charge in [0.2, 0.25) is 0 Å². The molecule has 0 aliphatic carbocycles. The van der Waals surface area contributed by atoms with E-state index in [1.807, 2.05) is 0 Å². The fourth-order valence-electron chi connectivity index (χ4n) is 2.06. The second-order valence-corrected chi connectivity index (χ2v) is 5.93. The number of hydrogen-bond donors (Lipinski definition) is 1. The number of nitrogens with one attached hydrogen (secondary N) is 1. The van der Waals surface area contributed by atoms with Gasteiger partial charge in [-0.15, -0.1) is 0 Å². The maximum atomic E-state index is 5.46. The van der Waals surface area contributed by atoms with Crippen LogP contribution in [0.2, 0.25) is 0 Å². The molecule has 0 rings (SSSR count). The highest BCUT2D eigenvalue weighted by molar-refractivity contribution is 4.79. The van der Waals surface area contributed by atoms with Crippen molar-refractivity contribution in [3.05, 3.63) is 0 Å². The molecule has 18 heavy (non-hydrogen) atoms. The van der Waals surface area contributed by atoms with Crippen LogP contribution in [0, 0.1) is 5.41 Å². The Hall–Kier alpha value is -0.120. The standard InChI is InChI=1S/C15H33NO2/c1-6-16-14(15(2,3)4)10-8-7-9-11-18-13-12-17-5/h14,16H,6-13H2,1-5H3. The molecule has 0 aliphatic heterocycles. The fourth-order valence-corrected chi connectivity index (χ4v) is 2.06. The smallest absolute Gasteiger partial charge is 0.0700 e. The Bertz CT molecular complexity index is 178. The molecule has 0 aromatic heterocycles. The van der Waals surface area contributed by atoms with Crippen LogP contribution >= 0.6 is 0 Å². The number of ether oxygens (including phenoxy) is 2. The summed E-state index contributed by atoms with van der Waals surface area (Å²) in [6.07, 6.45) is 4.95. The lowest BCUT2D eigenvalue weighted by atomic mass is 9.83. The quantitative estimate of drug-likeness (QED) is 0.578. The fraction of sp³-hybridized carbons (Fsp3) is 1.00. The van der Waals surface area contributed by atoms with E-state index in [0.29, 0.717) is 18.1 Å². The third-order valence-corrected chi connectivity index (χ3v) is 3.21. The van der Waals surface area contributed by atoms with Gasteiger partial charge < -0.3 is 14.8 Å². The van der Waals surface area contributed by atoms with Gasteiger partial charge in [0.05, 0.1) is 13.2 Å². The third-order valence-electron chi connectivity index (χ3n) is 3.21. The maximum Gasteiger partial charge on any atom is 0.0700 e. The van der Waals surface area contributed by atoms with Crippen LogP contribution in [0.3, 0.4) is 0 Å². The molecule has 0 spiro atoms. The zero-order valence-electron chi connectivity index (χ0n) is 13.1. The lowest BCUT2D eigenvalue weighted by Gasteiger charge is -2.31. The molecule has 3 heteroatoms. The molecule has 0 amide bonds. The molecule has 0 aromatic rings. The Labute approximate surface area is 114 Å². The summed E-state index contributed by atoms with van der Waals surface area (Å²) in [4.78, 5) is 0. The highest BCUT2D eigenvalue weighted by Gasteiger charge is 2.22. The number of unbranched alkanes of at least 4 members (excludes halogenated alkanes) is 2. The van der Waals surface area contributed by atoms with Crippen molar-refractivity contribution < 1.29 is 9.47 Å². The molecule has 0 aromatic carbocycles. The molecule has 0 fully saturated rings. The summed E-state index contributed by atoms with van der Waals surface area (Å²) in [5, 5.41) is 3.59. The Morgan fingerprint density at radius 3 is 2.28 bits per heavy atom. The van der Waals surface area contributed by atoms with E-state index < -0.39 is 0 Å². The Morgan fingerprint density at radius 1 is 1.00 bits per heavy atom. The van der Waals surface area contributed by atoms with Crippen LogP contribution in [-0.4, -0.2) is 39.5 Å². The average molecular weight is 259 g/mol. The first kappa shape index (κ1) is 17.9. The molecule has 0 saturated heterocycles. The summed E-state index contributed by atoms with van der Waals surface area (Å²) in [5.74, 6) is 0. The minimum atomic E-state index is 0.352. The first-order valence-corrected chi connectivity index (χ1v) is 7.32. The molecule has 1 atom stereocenters. The van der Waals surface area contributed by atoms with E-state index in [1.165, 1.54) is 19.3 Å². The van der Waals surface area contributed by atoms with Gasteiger partial charge in [0.25, 0.3) is 0 Å². The number of methoxy groups -OCH3 is 1. The van der Waals surface area contributed by atoms with Crippen molar-refractivity contribution in [1.82, 2.24) is 5.32 Å². The summed E-state index contributed by atoms with van der Waals surface area (Å²) in [6, 6.07) is 0.622. The highest BCUT2D eigenvalue weighted by atomic mass is 16.5. The minimum Gasteiger partial charge on any atom is -0.382 e. The van der Waals surface area contributed by atoms with Crippen molar-refractivity contribution in [2.75, 3.05) is 33.5 Å². The highest BCUT2D eigenvalue weighted by Crippen LogP contribution is 2.23. The molecule has 0 saturated carbocycles. The van der Waals surface area contributed by atoms with Crippen molar-refractivity contribution in [2.24, 2.45) is 5.41 Å². The molecule has 0 aliphatic rings. The molecule has 0 radical (unpaired) electrons. The molecule has 1 unspecified atom stereocenters. The maximum absolute atomic E-state index is 5.46. The molecular weight excluding hydrogens is 226 g/mol. The van der Waals surface area contributed by atoms with E-state index in [-0.39, 0.29) is 0 Å². The summed E-state index contributed by atoms with van der Waals surface area (Å²) in [7, 11) is 1.71. The average Bonchev–Trinajstić information content (AvgIpc) is 2.30. The zero-order valence-corrected chi connectivity index (χ0v) is 13.1. The second kappa shape index (κ2) is 10.8. The van der Waals surface area contributed by atoms with Crippen LogP contribution in [0.4, 0.5) is 0 Å². The first-order valence-electron chi connectivity index (χ1n) is 7.32. The van der Waals surface area contributed by atoms with E-state index in [1.54, 1.807) is 7.11 Å². The van der Waals surface area contributed by atoms with Crippen molar-refractivity contribution in [3.63, 3.8) is 0 Å². The molecular formula is C15H33NO2. The third kappa shape index (κ3) is 9.86. The van der Waals surface area contributed by atoms with Crippen LogP contribution in [0.15, 0.2) is 0 Å². The van der Waals surface area contributed by atoms with Gasteiger partial charge in [-0.1, -0.05) is 40.5 Å². The first-order chi connectivity index (χ1) is 8.52. The Morgan fingerprint density at radius 2 is 1.72 bits per heavy atom. The van der Waals surface area contributed by atoms with E-state index in [4.69, 9.17) is 9.47 Å². The van der Waals surface area contributed by atoms with Crippen LogP contribution in [0.5, 0.6) is 0 Å². The van der Waals surface area contributed by atoms with Gasteiger partial charge in [-0.2, -0.15) is 0 Å². The Balaban J connectivity index is 3.50. The van der Waals surface area contributed by atoms with Gasteiger partial charge in [-0.25, -0.2) is 0 Å². The second-order valence-electron chi connectivity index (χ2n) is 5.93. The lowest BCUT2D eigenvalue weighted by Crippen LogP contribution is -2.40. The molecule has 0 bridgehead atoms.